The summed E-state index contributed by atoms with van der Waals surface area (Å²) in [5, 5.41) is 16.0. The Bertz CT molecular complexity index is 1180. The van der Waals surface area contributed by atoms with Crippen molar-refractivity contribution in [2.24, 2.45) is 5.92 Å². The van der Waals surface area contributed by atoms with Crippen LogP contribution in [-0.2, 0) is 11.3 Å². The van der Waals surface area contributed by atoms with Gasteiger partial charge in [-0.15, -0.1) is 0 Å². The summed E-state index contributed by atoms with van der Waals surface area (Å²) in [7, 11) is 0. The molecule has 172 valence electrons. The molecule has 2 amide bonds. The summed E-state index contributed by atoms with van der Waals surface area (Å²) < 4.78 is 16.0. The second-order valence-corrected chi connectivity index (χ2v) is 8.00. The minimum Gasteiger partial charge on any atom is -0.350 e. The Morgan fingerprint density at radius 2 is 2.00 bits per heavy atom. The normalized spacial score (nSPS) is 11.8. The molecule has 0 aliphatic heterocycles. The van der Waals surface area contributed by atoms with Gasteiger partial charge in [-0.25, -0.2) is 9.37 Å². The van der Waals surface area contributed by atoms with Crippen molar-refractivity contribution < 1.29 is 18.9 Å². The Balaban J connectivity index is 1.66. The number of carbonyl (C=O) groups excluding carboxylic acids is 2. The van der Waals surface area contributed by atoms with Crippen LogP contribution in [0.5, 0.6) is 0 Å². The average Bonchev–Trinajstić information content (AvgIpc) is 3.29. The molecule has 2 aromatic carbocycles. The van der Waals surface area contributed by atoms with Crippen LogP contribution in [0, 0.1) is 21.8 Å². The molecule has 0 aliphatic rings. The monoisotopic (exact) mass is 473 g/mol. The highest BCUT2D eigenvalue weighted by Gasteiger charge is 2.26. The van der Waals surface area contributed by atoms with Crippen LogP contribution in [0.25, 0.3) is 5.69 Å². The quantitative estimate of drug-likeness (QED) is 0.382. The van der Waals surface area contributed by atoms with Crippen molar-refractivity contribution in [3.05, 3.63) is 87.2 Å². The van der Waals surface area contributed by atoms with Gasteiger partial charge in [-0.3, -0.25) is 19.7 Å². The summed E-state index contributed by atoms with van der Waals surface area (Å²) in [6.07, 6.45) is 4.64. The molecule has 1 atom stereocenters. The third-order valence-electron chi connectivity index (χ3n) is 4.91. The second-order valence-electron chi connectivity index (χ2n) is 7.59. The zero-order valence-corrected chi connectivity index (χ0v) is 18.5. The summed E-state index contributed by atoms with van der Waals surface area (Å²) in [6.45, 7) is 3.56. The number of non-ortho nitro benzene ring substituents is 1. The van der Waals surface area contributed by atoms with E-state index in [0.717, 1.165) is 12.1 Å². The fraction of sp³-hybridized carbons (Fsp3) is 0.227. The van der Waals surface area contributed by atoms with Gasteiger partial charge in [0.15, 0.2) is 0 Å². The molecular formula is C22H21ClFN5O4. The summed E-state index contributed by atoms with van der Waals surface area (Å²) >= 11 is 6.01. The van der Waals surface area contributed by atoms with E-state index in [4.69, 9.17) is 11.6 Å². The van der Waals surface area contributed by atoms with Crippen molar-refractivity contribution >= 4 is 29.1 Å². The number of halogens is 2. The topological polar surface area (TPSA) is 119 Å². The van der Waals surface area contributed by atoms with Crippen LogP contribution in [0.2, 0.25) is 5.02 Å². The van der Waals surface area contributed by atoms with Gasteiger partial charge < -0.3 is 15.2 Å². The molecule has 1 heterocycles. The number of nitro benzene ring substituents is 1. The number of aromatic nitrogens is 2. The molecule has 2 N–H and O–H groups in total. The lowest BCUT2D eigenvalue weighted by molar-refractivity contribution is -0.384. The van der Waals surface area contributed by atoms with Crippen LogP contribution in [0.15, 0.2) is 55.1 Å². The Hall–Kier alpha value is -3.79. The zero-order chi connectivity index (χ0) is 24.1. The molecule has 3 rings (SSSR count). The van der Waals surface area contributed by atoms with Crippen molar-refractivity contribution in [1.29, 1.82) is 0 Å². The van der Waals surface area contributed by atoms with Gasteiger partial charge in [0.1, 0.15) is 11.9 Å². The van der Waals surface area contributed by atoms with Crippen LogP contribution in [0.4, 0.5) is 10.1 Å². The molecule has 0 saturated heterocycles. The molecular weight excluding hydrogens is 453 g/mol. The predicted molar refractivity (Wildman–Crippen MR) is 120 cm³/mol. The van der Waals surface area contributed by atoms with E-state index in [-0.39, 0.29) is 28.7 Å². The van der Waals surface area contributed by atoms with E-state index in [1.165, 1.54) is 29.2 Å². The summed E-state index contributed by atoms with van der Waals surface area (Å²) in [5.41, 5.74) is 0.630. The average molecular weight is 474 g/mol. The number of nitrogens with one attached hydrogen (secondary N) is 2. The first-order chi connectivity index (χ1) is 15.7. The molecule has 1 unspecified atom stereocenters. The van der Waals surface area contributed by atoms with E-state index in [1.807, 2.05) is 0 Å². The van der Waals surface area contributed by atoms with Crippen LogP contribution < -0.4 is 10.6 Å². The summed E-state index contributed by atoms with van der Waals surface area (Å²) in [4.78, 5) is 39.5. The molecule has 3 aromatic rings. The van der Waals surface area contributed by atoms with E-state index >= 15 is 0 Å². The number of nitro groups is 1. The van der Waals surface area contributed by atoms with Gasteiger partial charge in [-0.2, -0.15) is 0 Å². The van der Waals surface area contributed by atoms with Crippen molar-refractivity contribution in [3.8, 4) is 5.69 Å². The van der Waals surface area contributed by atoms with Crippen LogP contribution in [0.3, 0.4) is 0 Å². The molecule has 0 spiro atoms. The predicted octanol–water partition coefficient (Wildman–Crippen LogP) is 3.64. The number of imidazole rings is 1. The van der Waals surface area contributed by atoms with Gasteiger partial charge in [0, 0.05) is 31.1 Å². The van der Waals surface area contributed by atoms with Crippen molar-refractivity contribution in [2.45, 2.75) is 26.4 Å². The Labute approximate surface area is 193 Å². The lowest BCUT2D eigenvalue weighted by Crippen LogP contribution is -2.49. The standard InChI is InChI=1S/C22H21ClFN5O4/c1-13(2)20(27-21(30)16-5-4-15(29(32)33)10-17(16)23)22(31)26-11-14-3-6-19(18(24)9-14)28-8-7-25-12-28/h3-10,12-13,20H,11H2,1-2H3,(H,26,31)(H,27,30). The van der Waals surface area contributed by atoms with Gasteiger partial charge in [-0.05, 0) is 29.7 Å². The number of amides is 2. The largest absolute Gasteiger partial charge is 0.350 e. The van der Waals surface area contributed by atoms with E-state index < -0.39 is 28.6 Å². The molecule has 0 saturated carbocycles. The Morgan fingerprint density at radius 3 is 2.58 bits per heavy atom. The van der Waals surface area contributed by atoms with Crippen molar-refractivity contribution in [2.75, 3.05) is 0 Å². The van der Waals surface area contributed by atoms with E-state index in [9.17, 15) is 24.1 Å². The van der Waals surface area contributed by atoms with E-state index in [0.29, 0.717) is 11.3 Å². The Kier molecular flexibility index (Phi) is 7.39. The number of nitrogens with zero attached hydrogens (tertiary/aromatic N) is 3. The maximum Gasteiger partial charge on any atom is 0.270 e. The van der Waals surface area contributed by atoms with E-state index in [2.05, 4.69) is 15.6 Å². The van der Waals surface area contributed by atoms with E-state index in [1.54, 1.807) is 32.2 Å². The SMILES string of the molecule is CC(C)C(NC(=O)c1ccc([N+](=O)[O-])cc1Cl)C(=O)NCc1ccc(-n2ccnc2)c(F)c1. The summed E-state index contributed by atoms with van der Waals surface area (Å²) in [6, 6.07) is 7.13. The van der Waals surface area contributed by atoms with Gasteiger partial charge in [0.2, 0.25) is 5.91 Å². The first-order valence-electron chi connectivity index (χ1n) is 9.96. The number of carbonyl (C=O) groups is 2. The zero-order valence-electron chi connectivity index (χ0n) is 17.8. The van der Waals surface area contributed by atoms with Crippen molar-refractivity contribution in [1.82, 2.24) is 20.2 Å². The van der Waals surface area contributed by atoms with Gasteiger partial charge in [0.25, 0.3) is 11.6 Å². The van der Waals surface area contributed by atoms with Crippen LogP contribution in [-0.4, -0.2) is 32.3 Å². The highest BCUT2D eigenvalue weighted by atomic mass is 35.5. The molecule has 0 radical (unpaired) electrons. The van der Waals surface area contributed by atoms with Gasteiger partial charge >= 0.3 is 0 Å². The molecule has 0 aliphatic carbocycles. The second kappa shape index (κ2) is 10.2. The van der Waals surface area contributed by atoms with Gasteiger partial charge in [-0.1, -0.05) is 31.5 Å². The maximum atomic E-state index is 14.4. The number of hydrogen-bond acceptors (Lipinski definition) is 5. The summed E-state index contributed by atoms with van der Waals surface area (Å²) in [5.74, 6) is -1.85. The van der Waals surface area contributed by atoms with Crippen molar-refractivity contribution in [3.63, 3.8) is 0 Å². The molecule has 0 fully saturated rings. The molecule has 0 bridgehead atoms. The lowest BCUT2D eigenvalue weighted by Gasteiger charge is -2.22. The minimum absolute atomic E-state index is 0.0119. The third kappa shape index (κ3) is 5.72. The first-order valence-corrected chi connectivity index (χ1v) is 10.3. The number of hydrogen-bond donors (Lipinski definition) is 2. The highest BCUT2D eigenvalue weighted by molar-refractivity contribution is 6.34. The van der Waals surface area contributed by atoms with Crippen LogP contribution >= 0.6 is 11.6 Å². The van der Waals surface area contributed by atoms with Crippen LogP contribution in [0.1, 0.15) is 29.8 Å². The first kappa shape index (κ1) is 23.9. The lowest BCUT2D eigenvalue weighted by atomic mass is 10.0. The molecule has 33 heavy (non-hydrogen) atoms. The molecule has 11 heteroatoms. The highest BCUT2D eigenvalue weighted by Crippen LogP contribution is 2.23. The fourth-order valence-corrected chi connectivity index (χ4v) is 3.39. The fourth-order valence-electron chi connectivity index (χ4n) is 3.13. The smallest absolute Gasteiger partial charge is 0.270 e. The third-order valence-corrected chi connectivity index (χ3v) is 5.22. The van der Waals surface area contributed by atoms with Gasteiger partial charge in [0.05, 0.1) is 27.5 Å². The number of rotatable bonds is 8. The maximum absolute atomic E-state index is 14.4. The molecule has 9 nitrogen and oxygen atoms in total. The minimum atomic E-state index is -0.904. The Morgan fingerprint density at radius 1 is 1.24 bits per heavy atom. The molecule has 1 aromatic heterocycles. The number of benzene rings is 2.